The van der Waals surface area contributed by atoms with Gasteiger partial charge >= 0.3 is 0 Å². The normalized spacial score (nSPS) is 29.4. The zero-order chi connectivity index (χ0) is 9.19. The number of halogens is 2. The molecule has 1 aliphatic carbocycles. The van der Waals surface area contributed by atoms with Gasteiger partial charge in [0.2, 0.25) is 5.92 Å². The van der Waals surface area contributed by atoms with E-state index in [1.165, 1.54) is 0 Å². The first-order valence-electron chi connectivity index (χ1n) is 4.54. The Morgan fingerprint density at radius 2 is 2.00 bits per heavy atom. The van der Waals surface area contributed by atoms with Crippen molar-refractivity contribution >= 4 is 0 Å². The maximum absolute atomic E-state index is 12.9. The summed E-state index contributed by atoms with van der Waals surface area (Å²) in [6.07, 6.45) is 2.26. The fourth-order valence-corrected chi connectivity index (χ4v) is 1.75. The Balaban J connectivity index is 2.50. The largest absolute Gasteiger partial charge is 0.248 e. The van der Waals surface area contributed by atoms with Crippen LogP contribution >= 0.6 is 0 Å². The van der Waals surface area contributed by atoms with E-state index in [1.807, 2.05) is 6.92 Å². The highest BCUT2D eigenvalue weighted by Gasteiger charge is 2.32. The van der Waals surface area contributed by atoms with Crippen LogP contribution in [0.5, 0.6) is 0 Å². The van der Waals surface area contributed by atoms with E-state index in [1.54, 1.807) is 0 Å². The summed E-state index contributed by atoms with van der Waals surface area (Å²) in [7, 11) is 0. The zero-order valence-electron chi connectivity index (χ0n) is 7.58. The van der Waals surface area contributed by atoms with E-state index >= 15 is 0 Å². The quantitative estimate of drug-likeness (QED) is 0.419. The van der Waals surface area contributed by atoms with Crippen LogP contribution in [-0.2, 0) is 0 Å². The van der Waals surface area contributed by atoms with Gasteiger partial charge in [-0.3, -0.25) is 0 Å². The van der Waals surface area contributed by atoms with Gasteiger partial charge in [0.05, 0.1) is 0 Å². The van der Waals surface area contributed by atoms with Crippen LogP contribution in [0, 0.1) is 5.92 Å². The van der Waals surface area contributed by atoms with Gasteiger partial charge < -0.3 is 0 Å². The van der Waals surface area contributed by atoms with Gasteiger partial charge in [-0.25, -0.2) is 8.78 Å². The molecular weight excluding hydrogens is 158 g/mol. The first-order valence-corrected chi connectivity index (χ1v) is 4.54. The second kappa shape index (κ2) is 3.55. The fourth-order valence-electron chi connectivity index (χ4n) is 1.75. The fraction of sp³-hybridized carbons (Fsp3) is 0.800. The molecule has 0 spiro atoms. The first-order chi connectivity index (χ1) is 5.51. The van der Waals surface area contributed by atoms with Gasteiger partial charge in [0.15, 0.2) is 0 Å². The predicted molar refractivity (Wildman–Crippen MR) is 46.3 cm³/mol. The lowest BCUT2D eigenvalue weighted by atomic mass is 9.94. The second-order valence-electron chi connectivity index (χ2n) is 3.83. The van der Waals surface area contributed by atoms with E-state index in [-0.39, 0.29) is 12.8 Å². The highest BCUT2D eigenvalue weighted by molar-refractivity contribution is 4.97. The molecule has 0 aromatic carbocycles. The summed E-state index contributed by atoms with van der Waals surface area (Å²) in [5.74, 6) is -2.08. The van der Waals surface area contributed by atoms with E-state index in [0.717, 1.165) is 12.0 Å². The van der Waals surface area contributed by atoms with Gasteiger partial charge in [-0.1, -0.05) is 12.2 Å². The molecule has 2 heteroatoms. The van der Waals surface area contributed by atoms with Gasteiger partial charge in [-0.05, 0) is 32.1 Å². The van der Waals surface area contributed by atoms with E-state index in [9.17, 15) is 8.78 Å². The Morgan fingerprint density at radius 1 is 1.33 bits per heavy atom. The average Bonchev–Trinajstić information content (AvgIpc) is 2.10. The van der Waals surface area contributed by atoms with Crippen LogP contribution < -0.4 is 0 Å². The van der Waals surface area contributed by atoms with Crippen LogP contribution in [0.4, 0.5) is 8.78 Å². The van der Waals surface area contributed by atoms with Crippen LogP contribution in [-0.4, -0.2) is 5.92 Å². The van der Waals surface area contributed by atoms with Gasteiger partial charge in [0.1, 0.15) is 0 Å². The molecule has 1 rings (SSSR count). The van der Waals surface area contributed by atoms with Crippen LogP contribution in [0.3, 0.4) is 0 Å². The van der Waals surface area contributed by atoms with E-state index < -0.39 is 5.92 Å². The van der Waals surface area contributed by atoms with Crippen molar-refractivity contribution in [2.24, 2.45) is 5.92 Å². The smallest absolute Gasteiger partial charge is 0.207 e. The van der Waals surface area contributed by atoms with Crippen molar-refractivity contribution in [3.8, 4) is 0 Å². The molecule has 0 aliphatic heterocycles. The lowest BCUT2D eigenvalue weighted by molar-refractivity contribution is -0.0144. The molecule has 12 heavy (non-hydrogen) atoms. The molecule has 0 radical (unpaired) electrons. The van der Waals surface area contributed by atoms with Crippen LogP contribution in [0.25, 0.3) is 0 Å². The van der Waals surface area contributed by atoms with Crippen molar-refractivity contribution in [1.29, 1.82) is 0 Å². The van der Waals surface area contributed by atoms with Crippen molar-refractivity contribution in [3.63, 3.8) is 0 Å². The minimum absolute atomic E-state index is 0.0462. The Kier molecular flexibility index (Phi) is 2.86. The molecule has 0 aromatic heterocycles. The van der Waals surface area contributed by atoms with Crippen molar-refractivity contribution < 1.29 is 8.78 Å². The molecule has 0 saturated heterocycles. The molecule has 1 atom stereocenters. The molecule has 0 unspecified atom stereocenters. The zero-order valence-corrected chi connectivity index (χ0v) is 7.58. The second-order valence-corrected chi connectivity index (χ2v) is 3.83. The third-order valence-corrected chi connectivity index (χ3v) is 2.65. The minimum atomic E-state index is -2.41. The van der Waals surface area contributed by atoms with E-state index in [4.69, 9.17) is 0 Å². The van der Waals surface area contributed by atoms with Crippen molar-refractivity contribution in [1.82, 2.24) is 0 Å². The standard InChI is InChI=1S/C10H16F2/c1-8(2)9-4-3-6-10(11,12)7-5-9/h9H,1,3-7H2,2H3/t9-/m0/s1. The third-order valence-electron chi connectivity index (χ3n) is 2.65. The third kappa shape index (κ3) is 2.58. The summed E-state index contributed by atoms with van der Waals surface area (Å²) < 4.78 is 25.7. The molecule has 1 aliphatic rings. The van der Waals surface area contributed by atoms with Gasteiger partial charge in [-0.2, -0.15) is 0 Å². The minimum Gasteiger partial charge on any atom is -0.207 e. The molecule has 0 amide bonds. The van der Waals surface area contributed by atoms with Crippen LogP contribution in [0.1, 0.15) is 39.0 Å². The molecule has 1 saturated carbocycles. The molecule has 0 bridgehead atoms. The molecule has 0 N–H and O–H groups in total. The first kappa shape index (κ1) is 9.69. The molecule has 70 valence electrons. The van der Waals surface area contributed by atoms with Crippen molar-refractivity contribution in [3.05, 3.63) is 12.2 Å². The Morgan fingerprint density at radius 3 is 2.58 bits per heavy atom. The lowest BCUT2D eigenvalue weighted by Crippen LogP contribution is -2.13. The summed E-state index contributed by atoms with van der Waals surface area (Å²) >= 11 is 0. The SMILES string of the molecule is C=C(C)[C@H]1CCCC(F)(F)CC1. The van der Waals surface area contributed by atoms with E-state index in [2.05, 4.69) is 6.58 Å². The Hall–Kier alpha value is -0.400. The monoisotopic (exact) mass is 174 g/mol. The maximum atomic E-state index is 12.9. The summed E-state index contributed by atoms with van der Waals surface area (Å²) in [6.45, 7) is 5.76. The Bertz CT molecular complexity index is 173. The van der Waals surface area contributed by atoms with Gasteiger partial charge in [0, 0.05) is 12.8 Å². The molecule has 0 aromatic rings. The lowest BCUT2D eigenvalue weighted by Gasteiger charge is -2.14. The topological polar surface area (TPSA) is 0 Å². The number of rotatable bonds is 1. The van der Waals surface area contributed by atoms with Crippen molar-refractivity contribution in [2.45, 2.75) is 45.0 Å². The number of hydrogen-bond donors (Lipinski definition) is 0. The van der Waals surface area contributed by atoms with E-state index in [0.29, 0.717) is 18.8 Å². The summed E-state index contributed by atoms with van der Waals surface area (Å²) in [5, 5.41) is 0. The average molecular weight is 174 g/mol. The number of hydrogen-bond acceptors (Lipinski definition) is 0. The van der Waals surface area contributed by atoms with Crippen LogP contribution in [0.15, 0.2) is 12.2 Å². The molecule has 0 nitrogen and oxygen atoms in total. The summed E-state index contributed by atoms with van der Waals surface area (Å²) in [4.78, 5) is 0. The van der Waals surface area contributed by atoms with Crippen LogP contribution in [0.2, 0.25) is 0 Å². The molecule has 0 heterocycles. The van der Waals surface area contributed by atoms with Crippen molar-refractivity contribution in [2.75, 3.05) is 0 Å². The molecular formula is C10H16F2. The summed E-state index contributed by atoms with van der Waals surface area (Å²) in [5.41, 5.74) is 1.06. The highest BCUT2D eigenvalue weighted by atomic mass is 19.3. The van der Waals surface area contributed by atoms with Gasteiger partial charge in [0.25, 0.3) is 0 Å². The Labute approximate surface area is 72.7 Å². The highest BCUT2D eigenvalue weighted by Crippen LogP contribution is 2.36. The van der Waals surface area contributed by atoms with Gasteiger partial charge in [-0.15, -0.1) is 0 Å². The number of allylic oxidation sites excluding steroid dienone is 1. The number of alkyl halides is 2. The molecule has 1 fully saturated rings. The summed E-state index contributed by atoms with van der Waals surface area (Å²) in [6, 6.07) is 0. The maximum Gasteiger partial charge on any atom is 0.248 e. The predicted octanol–water partition coefficient (Wildman–Crippen LogP) is 3.78.